The Kier molecular flexibility index (Phi) is 4.60. The molecular formula is C12H19N5O. The van der Waals surface area contributed by atoms with Crippen molar-refractivity contribution in [2.75, 3.05) is 19.6 Å². The van der Waals surface area contributed by atoms with Gasteiger partial charge in [0, 0.05) is 31.9 Å². The van der Waals surface area contributed by atoms with E-state index in [9.17, 15) is 4.79 Å². The largest absolute Gasteiger partial charge is 0.369 e. The van der Waals surface area contributed by atoms with Crippen molar-refractivity contribution in [3.8, 4) is 0 Å². The highest BCUT2D eigenvalue weighted by Crippen LogP contribution is 2.10. The summed E-state index contributed by atoms with van der Waals surface area (Å²) < 4.78 is 0. The number of hydrogen-bond acceptors (Lipinski definition) is 5. The van der Waals surface area contributed by atoms with Crippen LogP contribution in [0.5, 0.6) is 0 Å². The molecule has 1 fully saturated rings. The third-order valence-corrected chi connectivity index (χ3v) is 3.18. The van der Waals surface area contributed by atoms with Crippen LogP contribution in [0, 0.1) is 0 Å². The van der Waals surface area contributed by atoms with E-state index in [0.29, 0.717) is 12.6 Å². The van der Waals surface area contributed by atoms with Crippen LogP contribution in [-0.4, -0.2) is 46.5 Å². The molecule has 98 valence electrons. The zero-order valence-corrected chi connectivity index (χ0v) is 10.4. The van der Waals surface area contributed by atoms with E-state index in [1.165, 1.54) is 0 Å². The number of rotatable bonds is 5. The van der Waals surface area contributed by atoms with Crippen LogP contribution in [0.25, 0.3) is 0 Å². The molecule has 0 spiro atoms. The third kappa shape index (κ3) is 4.05. The lowest BCUT2D eigenvalue weighted by Gasteiger charge is -2.31. The number of nitrogens with zero attached hydrogens (tertiary/aromatic N) is 3. The van der Waals surface area contributed by atoms with Crippen molar-refractivity contribution in [2.24, 2.45) is 5.73 Å². The molecule has 0 radical (unpaired) electrons. The van der Waals surface area contributed by atoms with Crippen molar-refractivity contribution in [1.82, 2.24) is 20.2 Å². The minimum atomic E-state index is -0.248. The van der Waals surface area contributed by atoms with Crippen LogP contribution < -0.4 is 11.1 Å². The van der Waals surface area contributed by atoms with E-state index in [2.05, 4.69) is 20.2 Å². The van der Waals surface area contributed by atoms with Crippen molar-refractivity contribution >= 4 is 5.91 Å². The topological polar surface area (TPSA) is 84.1 Å². The maximum atomic E-state index is 10.8. The van der Waals surface area contributed by atoms with Crippen molar-refractivity contribution in [2.45, 2.75) is 25.4 Å². The van der Waals surface area contributed by atoms with Crippen LogP contribution in [0.15, 0.2) is 18.6 Å². The fourth-order valence-corrected chi connectivity index (χ4v) is 2.19. The first-order valence-electron chi connectivity index (χ1n) is 6.23. The maximum Gasteiger partial charge on any atom is 0.231 e. The Bertz CT molecular complexity index is 375. The summed E-state index contributed by atoms with van der Waals surface area (Å²) >= 11 is 0. The molecule has 1 aliphatic rings. The summed E-state index contributed by atoms with van der Waals surface area (Å²) in [6, 6.07) is 2.40. The van der Waals surface area contributed by atoms with Crippen LogP contribution in [0.2, 0.25) is 0 Å². The highest BCUT2D eigenvalue weighted by atomic mass is 16.1. The first kappa shape index (κ1) is 12.9. The van der Waals surface area contributed by atoms with Gasteiger partial charge in [-0.2, -0.15) is 0 Å². The number of piperidine rings is 1. The van der Waals surface area contributed by atoms with Crippen molar-refractivity contribution in [3.63, 3.8) is 0 Å². The van der Waals surface area contributed by atoms with Gasteiger partial charge in [0.2, 0.25) is 5.91 Å². The minimum Gasteiger partial charge on any atom is -0.369 e. The molecule has 3 N–H and O–H groups in total. The lowest BCUT2D eigenvalue weighted by Crippen LogP contribution is -2.45. The lowest BCUT2D eigenvalue weighted by molar-refractivity contribution is -0.119. The average molecular weight is 249 g/mol. The summed E-state index contributed by atoms with van der Waals surface area (Å²) in [7, 11) is 0. The number of carbonyl (C=O) groups excluding carboxylic acids is 1. The first-order chi connectivity index (χ1) is 8.74. The lowest BCUT2D eigenvalue weighted by atomic mass is 10.0. The molecule has 1 aromatic heterocycles. The molecule has 0 bridgehead atoms. The van der Waals surface area contributed by atoms with E-state index in [4.69, 9.17) is 5.73 Å². The number of hydrogen-bond donors (Lipinski definition) is 2. The van der Waals surface area contributed by atoms with E-state index in [0.717, 1.165) is 38.2 Å². The third-order valence-electron chi connectivity index (χ3n) is 3.18. The first-order valence-corrected chi connectivity index (χ1v) is 6.23. The molecule has 0 atom stereocenters. The van der Waals surface area contributed by atoms with Gasteiger partial charge in [-0.3, -0.25) is 9.69 Å². The molecule has 18 heavy (non-hydrogen) atoms. The Labute approximate surface area is 107 Å². The predicted molar refractivity (Wildman–Crippen MR) is 67.5 cm³/mol. The smallest absolute Gasteiger partial charge is 0.231 e. The number of primary amides is 1. The van der Waals surface area contributed by atoms with Crippen molar-refractivity contribution in [3.05, 3.63) is 24.3 Å². The highest BCUT2D eigenvalue weighted by molar-refractivity contribution is 5.75. The molecule has 1 amide bonds. The van der Waals surface area contributed by atoms with Crippen molar-refractivity contribution in [1.29, 1.82) is 0 Å². The number of carbonyl (C=O) groups is 1. The van der Waals surface area contributed by atoms with E-state index < -0.39 is 0 Å². The molecule has 0 unspecified atom stereocenters. The maximum absolute atomic E-state index is 10.8. The molecule has 0 aromatic carbocycles. The van der Waals surface area contributed by atoms with Crippen molar-refractivity contribution < 1.29 is 4.79 Å². The van der Waals surface area contributed by atoms with Gasteiger partial charge in [0.1, 0.15) is 6.33 Å². The molecular weight excluding hydrogens is 230 g/mol. The van der Waals surface area contributed by atoms with Crippen LogP contribution in [0.4, 0.5) is 0 Å². The molecule has 0 saturated carbocycles. The van der Waals surface area contributed by atoms with Gasteiger partial charge in [0.25, 0.3) is 0 Å². The van der Waals surface area contributed by atoms with E-state index in [-0.39, 0.29) is 5.91 Å². The molecule has 2 heterocycles. The fraction of sp³-hybridized carbons (Fsp3) is 0.583. The second kappa shape index (κ2) is 6.42. The normalized spacial score (nSPS) is 17.8. The zero-order chi connectivity index (χ0) is 12.8. The number of amides is 1. The molecule has 6 nitrogen and oxygen atoms in total. The number of nitrogens with one attached hydrogen (secondary N) is 1. The number of likely N-dealkylation sites (tertiary alicyclic amines) is 1. The summed E-state index contributed by atoms with van der Waals surface area (Å²) in [6.07, 6.45) is 5.39. The Hall–Kier alpha value is -1.53. The quantitative estimate of drug-likeness (QED) is 0.736. The fourth-order valence-electron chi connectivity index (χ4n) is 2.19. The molecule has 1 aliphatic heterocycles. The summed E-state index contributed by atoms with van der Waals surface area (Å²) in [5.74, 6) is -0.248. The van der Waals surface area contributed by atoms with Crippen LogP contribution in [0.3, 0.4) is 0 Å². The van der Waals surface area contributed by atoms with Gasteiger partial charge in [-0.25, -0.2) is 9.97 Å². The highest BCUT2D eigenvalue weighted by Gasteiger charge is 2.19. The molecule has 2 rings (SSSR count). The van der Waals surface area contributed by atoms with Gasteiger partial charge in [-0.1, -0.05) is 0 Å². The Morgan fingerprint density at radius 3 is 2.89 bits per heavy atom. The standard InChI is InChI=1S/C12H19N5O/c13-12(18)8-17-5-2-10(3-6-17)15-7-11-1-4-14-9-16-11/h1,4,9-10,15H,2-3,5-8H2,(H2,13,18). The molecule has 1 aromatic rings. The Morgan fingerprint density at radius 2 is 2.28 bits per heavy atom. The predicted octanol–water partition coefficient (Wildman–Crippen LogP) is -0.484. The van der Waals surface area contributed by atoms with Crippen LogP contribution in [0.1, 0.15) is 18.5 Å². The number of aromatic nitrogens is 2. The van der Waals surface area contributed by atoms with Crippen LogP contribution in [-0.2, 0) is 11.3 Å². The SMILES string of the molecule is NC(=O)CN1CCC(NCc2ccncn2)CC1. The Morgan fingerprint density at radius 1 is 1.50 bits per heavy atom. The van der Waals surface area contributed by atoms with Crippen LogP contribution >= 0.6 is 0 Å². The number of nitrogens with two attached hydrogens (primary N) is 1. The summed E-state index contributed by atoms with van der Waals surface area (Å²) in [4.78, 5) is 21.0. The van der Waals surface area contributed by atoms with E-state index >= 15 is 0 Å². The van der Waals surface area contributed by atoms with E-state index in [1.54, 1.807) is 12.5 Å². The monoisotopic (exact) mass is 249 g/mol. The van der Waals surface area contributed by atoms with Gasteiger partial charge >= 0.3 is 0 Å². The van der Waals surface area contributed by atoms with Gasteiger partial charge in [-0.05, 0) is 18.9 Å². The van der Waals surface area contributed by atoms with Gasteiger partial charge in [0.15, 0.2) is 0 Å². The molecule has 0 aliphatic carbocycles. The summed E-state index contributed by atoms with van der Waals surface area (Å²) in [5.41, 5.74) is 6.19. The summed E-state index contributed by atoms with van der Waals surface area (Å²) in [5, 5.41) is 3.48. The molecule has 1 saturated heterocycles. The summed E-state index contributed by atoms with van der Waals surface area (Å²) in [6.45, 7) is 2.98. The van der Waals surface area contributed by atoms with Gasteiger partial charge in [0.05, 0.1) is 12.2 Å². The second-order valence-corrected chi connectivity index (χ2v) is 4.60. The van der Waals surface area contributed by atoms with Gasteiger partial charge < -0.3 is 11.1 Å². The zero-order valence-electron chi connectivity index (χ0n) is 10.4. The minimum absolute atomic E-state index is 0.248. The second-order valence-electron chi connectivity index (χ2n) is 4.60. The van der Waals surface area contributed by atoms with Gasteiger partial charge in [-0.15, -0.1) is 0 Å². The Balaban J connectivity index is 1.69. The average Bonchev–Trinajstić information content (AvgIpc) is 2.38. The molecule has 6 heteroatoms. The van der Waals surface area contributed by atoms with E-state index in [1.807, 2.05) is 6.07 Å².